The number of ether oxygens (including phenoxy) is 3. The van der Waals surface area contributed by atoms with E-state index >= 15 is 4.39 Å². The molecule has 2 atom stereocenters. The first-order chi connectivity index (χ1) is 22.2. The summed E-state index contributed by atoms with van der Waals surface area (Å²) in [4.78, 5) is 40.5. The van der Waals surface area contributed by atoms with Crippen LogP contribution in [0.15, 0.2) is 55.3 Å². The molecule has 246 valence electrons. The van der Waals surface area contributed by atoms with Crippen molar-refractivity contribution in [3.05, 3.63) is 77.2 Å². The van der Waals surface area contributed by atoms with Crippen LogP contribution in [0.5, 0.6) is 0 Å². The van der Waals surface area contributed by atoms with E-state index in [-0.39, 0.29) is 58.7 Å². The monoisotopic (exact) mass is 653 g/mol. The number of aromatic nitrogens is 1. The number of hydrogen-bond acceptors (Lipinski definition) is 6. The number of para-hydroxylation sites is 1. The van der Waals surface area contributed by atoms with Gasteiger partial charge in [-0.3, -0.25) is 14.4 Å². The predicted octanol–water partition coefficient (Wildman–Crippen LogP) is 6.08. The van der Waals surface area contributed by atoms with Crippen molar-refractivity contribution in [1.29, 1.82) is 0 Å². The van der Waals surface area contributed by atoms with Gasteiger partial charge in [-0.1, -0.05) is 35.9 Å². The van der Waals surface area contributed by atoms with Crippen LogP contribution in [0, 0.1) is 11.7 Å². The van der Waals surface area contributed by atoms with Crippen LogP contribution in [0.4, 0.5) is 10.1 Å². The topological polar surface area (TPSA) is 99.1 Å². The molecule has 2 fully saturated rings. The number of carbonyl (C=O) groups is 3. The molecular weight excluding hydrogens is 613 g/mol. The van der Waals surface area contributed by atoms with Crippen LogP contribution < -0.4 is 5.32 Å². The van der Waals surface area contributed by atoms with Crippen LogP contribution in [-0.2, 0) is 37.3 Å². The Kier molecular flexibility index (Phi) is 11.1. The average molecular weight is 654 g/mol. The number of anilines is 1. The predicted molar refractivity (Wildman–Crippen MR) is 174 cm³/mol. The van der Waals surface area contributed by atoms with Crippen molar-refractivity contribution in [2.45, 2.75) is 63.7 Å². The first kappa shape index (κ1) is 33.6. The molecule has 0 unspecified atom stereocenters. The van der Waals surface area contributed by atoms with Crippen molar-refractivity contribution in [3.63, 3.8) is 0 Å². The van der Waals surface area contributed by atoms with E-state index in [1.807, 2.05) is 35.9 Å². The molecule has 1 aliphatic carbocycles. The van der Waals surface area contributed by atoms with Gasteiger partial charge in [0.2, 0.25) is 5.91 Å². The minimum Gasteiger partial charge on any atom is -0.466 e. The van der Waals surface area contributed by atoms with Crippen LogP contribution in [0.1, 0.15) is 54.9 Å². The molecule has 9 nitrogen and oxygen atoms in total. The van der Waals surface area contributed by atoms with E-state index in [0.29, 0.717) is 51.2 Å². The van der Waals surface area contributed by atoms with Crippen molar-refractivity contribution in [2.75, 3.05) is 31.7 Å². The molecule has 2 heterocycles. The number of aryl methyl sites for hydroxylation is 1. The number of hydrogen-bond donors (Lipinski definition) is 1. The SMILES string of the molecule is C=CCO[C@H]1C[C@@H](COC2CCC(C(=O)OCC)CC2)N(C(=O)Cc2cc(Cl)c(NC(=O)c3cn(C)c4ccccc34)cc2F)C1. The average Bonchev–Trinajstić information content (AvgIpc) is 3.62. The van der Waals surface area contributed by atoms with E-state index in [9.17, 15) is 14.4 Å². The van der Waals surface area contributed by atoms with Crippen LogP contribution in [0.3, 0.4) is 0 Å². The normalized spacial score (nSPS) is 21.3. The highest BCUT2D eigenvalue weighted by molar-refractivity contribution is 6.34. The van der Waals surface area contributed by atoms with Gasteiger partial charge in [-0.2, -0.15) is 0 Å². The van der Waals surface area contributed by atoms with E-state index in [2.05, 4.69) is 11.9 Å². The fourth-order valence-corrected chi connectivity index (χ4v) is 6.66. The highest BCUT2D eigenvalue weighted by Gasteiger charge is 2.37. The molecule has 1 aliphatic heterocycles. The van der Waals surface area contributed by atoms with Crippen molar-refractivity contribution >= 4 is 46.0 Å². The van der Waals surface area contributed by atoms with Crippen molar-refractivity contribution in [3.8, 4) is 0 Å². The smallest absolute Gasteiger partial charge is 0.308 e. The third-order valence-electron chi connectivity index (χ3n) is 8.83. The van der Waals surface area contributed by atoms with Gasteiger partial charge in [-0.15, -0.1) is 6.58 Å². The summed E-state index contributed by atoms with van der Waals surface area (Å²) in [5.41, 5.74) is 1.58. The summed E-state index contributed by atoms with van der Waals surface area (Å²) in [5, 5.41) is 3.62. The van der Waals surface area contributed by atoms with Crippen molar-refractivity contribution < 1.29 is 33.0 Å². The Morgan fingerprint density at radius 2 is 1.87 bits per heavy atom. The molecular formula is C35H41ClFN3O6. The molecule has 0 bridgehead atoms. The zero-order valence-corrected chi connectivity index (χ0v) is 27.1. The van der Waals surface area contributed by atoms with E-state index in [1.54, 1.807) is 24.1 Å². The molecule has 1 aromatic heterocycles. The molecule has 1 N–H and O–H groups in total. The quantitative estimate of drug-likeness (QED) is 0.188. The lowest BCUT2D eigenvalue weighted by Gasteiger charge is -2.30. The van der Waals surface area contributed by atoms with Crippen molar-refractivity contribution in [2.24, 2.45) is 13.0 Å². The Balaban J connectivity index is 1.22. The number of nitrogens with one attached hydrogen (secondary N) is 1. The minimum atomic E-state index is -0.643. The lowest BCUT2D eigenvalue weighted by Crippen LogP contribution is -2.40. The fraction of sp³-hybridized carbons (Fsp3) is 0.457. The second kappa shape index (κ2) is 15.2. The van der Waals surface area contributed by atoms with Crippen LogP contribution in [0.25, 0.3) is 10.9 Å². The number of esters is 1. The standard InChI is InChI=1S/C35H41ClFN3O6/c1-4-14-45-26-17-24(21-46-25-12-10-22(11-13-25)35(43)44-5-2)40(19-26)33(41)16-23-15-29(36)31(18-30(23)37)38-34(42)28-20-39(3)32-9-7-6-8-27(28)32/h4,6-9,15,18,20,22,24-26H,1,5,10-14,16-17,19,21H2,2-3H3,(H,38,42)/t22?,24-,25?,26-/m0/s1. The van der Waals surface area contributed by atoms with Gasteiger partial charge < -0.3 is 29.0 Å². The Labute approximate surface area is 273 Å². The maximum absolute atomic E-state index is 15.4. The van der Waals surface area contributed by atoms with Gasteiger partial charge in [0, 0.05) is 30.7 Å². The molecule has 2 amide bonds. The highest BCUT2D eigenvalue weighted by Crippen LogP contribution is 2.31. The molecule has 0 radical (unpaired) electrons. The van der Waals surface area contributed by atoms with E-state index in [4.69, 9.17) is 25.8 Å². The summed E-state index contributed by atoms with van der Waals surface area (Å²) in [6, 6.07) is 9.80. The number of likely N-dealkylation sites (tertiary alicyclic amines) is 1. The first-order valence-corrected chi connectivity index (χ1v) is 16.2. The Hall–Kier alpha value is -3.73. The lowest BCUT2D eigenvalue weighted by molar-refractivity contribution is -0.150. The molecule has 0 spiro atoms. The van der Waals surface area contributed by atoms with E-state index in [1.165, 1.54) is 6.07 Å². The Morgan fingerprint density at radius 1 is 1.11 bits per heavy atom. The summed E-state index contributed by atoms with van der Waals surface area (Å²) in [7, 11) is 1.85. The van der Waals surface area contributed by atoms with Gasteiger partial charge in [0.15, 0.2) is 0 Å². The summed E-state index contributed by atoms with van der Waals surface area (Å²) in [5.74, 6) is -1.58. The van der Waals surface area contributed by atoms with Gasteiger partial charge in [0.05, 0.1) is 66.7 Å². The maximum atomic E-state index is 15.4. The van der Waals surface area contributed by atoms with E-state index in [0.717, 1.165) is 29.8 Å². The van der Waals surface area contributed by atoms with Gasteiger partial charge in [0.1, 0.15) is 5.82 Å². The van der Waals surface area contributed by atoms with Gasteiger partial charge in [0.25, 0.3) is 5.91 Å². The van der Waals surface area contributed by atoms with Gasteiger partial charge in [-0.25, -0.2) is 4.39 Å². The summed E-state index contributed by atoms with van der Waals surface area (Å²) < 4.78 is 34.5. The Morgan fingerprint density at radius 3 is 2.61 bits per heavy atom. The molecule has 11 heteroatoms. The third kappa shape index (κ3) is 7.79. The fourth-order valence-electron chi connectivity index (χ4n) is 6.43. The third-order valence-corrected chi connectivity index (χ3v) is 9.14. The lowest BCUT2D eigenvalue weighted by atomic mass is 9.87. The number of amides is 2. The number of benzene rings is 2. The molecule has 3 aromatic rings. The van der Waals surface area contributed by atoms with Crippen LogP contribution in [0.2, 0.25) is 5.02 Å². The van der Waals surface area contributed by atoms with Gasteiger partial charge in [-0.05, 0) is 62.8 Å². The number of rotatable bonds is 12. The number of fused-ring (bicyclic) bond motifs is 1. The largest absolute Gasteiger partial charge is 0.466 e. The van der Waals surface area contributed by atoms with Crippen LogP contribution >= 0.6 is 11.6 Å². The molecule has 1 saturated heterocycles. The number of nitrogens with zero attached hydrogens (tertiary/aromatic N) is 2. The van der Waals surface area contributed by atoms with Crippen molar-refractivity contribution in [1.82, 2.24) is 9.47 Å². The zero-order valence-electron chi connectivity index (χ0n) is 26.3. The highest BCUT2D eigenvalue weighted by atomic mass is 35.5. The molecule has 1 saturated carbocycles. The van der Waals surface area contributed by atoms with Gasteiger partial charge >= 0.3 is 5.97 Å². The van der Waals surface area contributed by atoms with Crippen LogP contribution in [-0.4, -0.2) is 71.9 Å². The molecule has 5 rings (SSSR count). The second-order valence-corrected chi connectivity index (χ2v) is 12.4. The maximum Gasteiger partial charge on any atom is 0.308 e. The molecule has 2 aromatic carbocycles. The number of halogens is 2. The first-order valence-electron chi connectivity index (χ1n) is 15.8. The minimum absolute atomic E-state index is 0.0105. The van der Waals surface area contributed by atoms with E-state index < -0.39 is 11.7 Å². The second-order valence-electron chi connectivity index (χ2n) is 12.0. The number of carbonyl (C=O) groups excluding carboxylic acids is 3. The zero-order chi connectivity index (χ0) is 32.8. The molecule has 2 aliphatic rings. The summed E-state index contributed by atoms with van der Waals surface area (Å²) >= 11 is 6.50. The summed E-state index contributed by atoms with van der Waals surface area (Å²) in [6.07, 6.45) is 6.45. The Bertz CT molecular complexity index is 1580. The molecule has 46 heavy (non-hydrogen) atoms. The summed E-state index contributed by atoms with van der Waals surface area (Å²) in [6.45, 7) is 6.91.